The first kappa shape index (κ1) is 13.1. The Hall–Kier alpha value is -1.30. The molecule has 5 heteroatoms. The molecule has 1 fully saturated rings. The highest BCUT2D eigenvalue weighted by atomic mass is 16.6. The van der Waals surface area contributed by atoms with Crippen molar-refractivity contribution in [2.24, 2.45) is 5.73 Å². The fourth-order valence-electron chi connectivity index (χ4n) is 1.77. The van der Waals surface area contributed by atoms with E-state index in [4.69, 9.17) is 24.7 Å². The van der Waals surface area contributed by atoms with E-state index in [2.05, 4.69) is 0 Å². The molecule has 18 heavy (non-hydrogen) atoms. The number of ether oxygens (including phenoxy) is 4. The maximum Gasteiger partial charge on any atom is 0.123 e. The molecule has 1 aromatic carbocycles. The molecule has 0 saturated carbocycles. The second-order valence-electron chi connectivity index (χ2n) is 4.21. The summed E-state index contributed by atoms with van der Waals surface area (Å²) in [7, 11) is 3.25. The lowest BCUT2D eigenvalue weighted by Gasteiger charge is -2.27. The second-order valence-corrected chi connectivity index (χ2v) is 4.21. The average molecular weight is 253 g/mol. The molecule has 2 rings (SSSR count). The van der Waals surface area contributed by atoms with Crippen LogP contribution in [0.5, 0.6) is 11.5 Å². The van der Waals surface area contributed by atoms with Crippen LogP contribution >= 0.6 is 0 Å². The van der Waals surface area contributed by atoms with Crippen molar-refractivity contribution in [3.05, 3.63) is 23.8 Å². The number of rotatable bonds is 6. The summed E-state index contributed by atoms with van der Waals surface area (Å²) in [6.07, 6.45) is 0.174. The number of methoxy groups -OCH3 is 2. The van der Waals surface area contributed by atoms with Crippen LogP contribution in [0.2, 0.25) is 0 Å². The Morgan fingerprint density at radius 2 is 2.11 bits per heavy atom. The van der Waals surface area contributed by atoms with Crippen molar-refractivity contribution in [3.8, 4) is 11.5 Å². The quantitative estimate of drug-likeness (QED) is 0.823. The molecule has 100 valence electrons. The van der Waals surface area contributed by atoms with Gasteiger partial charge in [-0.1, -0.05) is 0 Å². The van der Waals surface area contributed by atoms with Crippen LogP contribution in [0.1, 0.15) is 11.6 Å². The fourth-order valence-corrected chi connectivity index (χ4v) is 1.77. The van der Waals surface area contributed by atoms with Crippen LogP contribution in [0.15, 0.2) is 18.2 Å². The van der Waals surface area contributed by atoms with Gasteiger partial charge in [-0.25, -0.2) is 0 Å². The smallest absolute Gasteiger partial charge is 0.123 e. The maximum absolute atomic E-state index is 6.12. The molecule has 5 nitrogen and oxygen atoms in total. The van der Waals surface area contributed by atoms with Gasteiger partial charge in [0.2, 0.25) is 0 Å². The molecule has 1 aromatic rings. The van der Waals surface area contributed by atoms with Gasteiger partial charge in [0.05, 0.1) is 40.1 Å². The van der Waals surface area contributed by atoms with Crippen LogP contribution < -0.4 is 15.2 Å². The molecular formula is C13H19NO4. The molecule has 1 saturated heterocycles. The van der Waals surface area contributed by atoms with Crippen molar-refractivity contribution in [1.29, 1.82) is 0 Å². The molecule has 0 bridgehead atoms. The fraction of sp³-hybridized carbons (Fsp3) is 0.538. The van der Waals surface area contributed by atoms with Crippen molar-refractivity contribution in [2.75, 3.05) is 34.0 Å². The zero-order chi connectivity index (χ0) is 13.0. The summed E-state index contributed by atoms with van der Waals surface area (Å²) in [5.41, 5.74) is 7.01. The van der Waals surface area contributed by atoms with Gasteiger partial charge in [-0.2, -0.15) is 0 Å². The van der Waals surface area contributed by atoms with E-state index in [1.54, 1.807) is 14.2 Å². The summed E-state index contributed by atoms with van der Waals surface area (Å²) in [5, 5.41) is 0. The van der Waals surface area contributed by atoms with Gasteiger partial charge in [-0.3, -0.25) is 0 Å². The van der Waals surface area contributed by atoms with Crippen molar-refractivity contribution in [3.63, 3.8) is 0 Å². The van der Waals surface area contributed by atoms with Gasteiger partial charge < -0.3 is 24.7 Å². The normalized spacial score (nSPS) is 17.1. The third-order valence-corrected chi connectivity index (χ3v) is 2.96. The van der Waals surface area contributed by atoms with Crippen molar-refractivity contribution in [1.82, 2.24) is 0 Å². The van der Waals surface area contributed by atoms with Gasteiger partial charge >= 0.3 is 0 Å². The van der Waals surface area contributed by atoms with Crippen molar-refractivity contribution < 1.29 is 18.9 Å². The molecule has 1 aliphatic heterocycles. The zero-order valence-corrected chi connectivity index (χ0v) is 10.7. The molecule has 0 aliphatic carbocycles. The van der Waals surface area contributed by atoms with Crippen LogP contribution in [0.4, 0.5) is 0 Å². The van der Waals surface area contributed by atoms with E-state index in [0.717, 1.165) is 17.1 Å². The highest BCUT2D eigenvalue weighted by molar-refractivity contribution is 5.42. The first-order chi connectivity index (χ1) is 8.74. The van der Waals surface area contributed by atoms with Crippen molar-refractivity contribution in [2.45, 2.75) is 12.1 Å². The largest absolute Gasteiger partial charge is 0.497 e. The minimum atomic E-state index is -0.240. The average Bonchev–Trinajstić information content (AvgIpc) is 2.35. The van der Waals surface area contributed by atoms with Gasteiger partial charge in [0.1, 0.15) is 17.6 Å². The van der Waals surface area contributed by atoms with E-state index >= 15 is 0 Å². The van der Waals surface area contributed by atoms with E-state index in [9.17, 15) is 0 Å². The third-order valence-electron chi connectivity index (χ3n) is 2.96. The molecule has 0 aromatic heterocycles. The van der Waals surface area contributed by atoms with Gasteiger partial charge in [-0.05, 0) is 18.2 Å². The lowest BCUT2D eigenvalue weighted by molar-refractivity contribution is -0.131. The molecule has 2 N–H and O–H groups in total. The van der Waals surface area contributed by atoms with Crippen LogP contribution in [-0.4, -0.2) is 40.1 Å². The van der Waals surface area contributed by atoms with Crippen LogP contribution in [0.25, 0.3) is 0 Å². The summed E-state index contributed by atoms with van der Waals surface area (Å²) in [6, 6.07) is 5.33. The van der Waals surface area contributed by atoms with Crippen LogP contribution in [0, 0.1) is 0 Å². The summed E-state index contributed by atoms with van der Waals surface area (Å²) < 4.78 is 21.2. The molecule has 0 radical (unpaired) electrons. The monoisotopic (exact) mass is 253 g/mol. The predicted molar refractivity (Wildman–Crippen MR) is 67.0 cm³/mol. The second kappa shape index (κ2) is 6.04. The Balaban J connectivity index is 2.03. The summed E-state index contributed by atoms with van der Waals surface area (Å²) in [6.45, 7) is 1.75. The van der Waals surface area contributed by atoms with Crippen LogP contribution in [-0.2, 0) is 9.47 Å². The highest BCUT2D eigenvalue weighted by Crippen LogP contribution is 2.28. The van der Waals surface area contributed by atoms with E-state index in [1.807, 2.05) is 18.2 Å². The Morgan fingerprint density at radius 3 is 2.67 bits per heavy atom. The number of nitrogens with two attached hydrogens (primary N) is 1. The van der Waals surface area contributed by atoms with Gasteiger partial charge in [0.25, 0.3) is 0 Å². The Bertz CT molecular complexity index is 393. The predicted octanol–water partition coefficient (Wildman–Crippen LogP) is 1.12. The lowest BCUT2D eigenvalue weighted by atomic mass is 10.1. The first-order valence-corrected chi connectivity index (χ1v) is 5.91. The van der Waals surface area contributed by atoms with Gasteiger partial charge in [-0.15, -0.1) is 0 Å². The molecule has 1 heterocycles. The third kappa shape index (κ3) is 2.93. The summed E-state index contributed by atoms with van der Waals surface area (Å²) in [5.74, 6) is 1.50. The molecule has 1 unspecified atom stereocenters. The molecule has 0 spiro atoms. The zero-order valence-electron chi connectivity index (χ0n) is 10.7. The maximum atomic E-state index is 6.12. The van der Waals surface area contributed by atoms with Crippen molar-refractivity contribution >= 4 is 0 Å². The van der Waals surface area contributed by atoms with E-state index in [-0.39, 0.29) is 12.1 Å². The number of benzene rings is 1. The first-order valence-electron chi connectivity index (χ1n) is 5.91. The SMILES string of the molecule is COc1ccc(OC)c(C(N)COC2COC2)c1. The van der Waals surface area contributed by atoms with E-state index in [0.29, 0.717) is 19.8 Å². The minimum absolute atomic E-state index is 0.174. The van der Waals surface area contributed by atoms with Crippen LogP contribution in [0.3, 0.4) is 0 Å². The Kier molecular flexibility index (Phi) is 4.41. The lowest BCUT2D eigenvalue weighted by Crippen LogP contribution is -2.37. The topological polar surface area (TPSA) is 62.9 Å². The van der Waals surface area contributed by atoms with E-state index in [1.165, 1.54) is 0 Å². The van der Waals surface area contributed by atoms with E-state index < -0.39 is 0 Å². The number of hydrogen-bond donors (Lipinski definition) is 1. The molecule has 1 aliphatic rings. The summed E-state index contributed by atoms with van der Waals surface area (Å²) >= 11 is 0. The Morgan fingerprint density at radius 1 is 1.33 bits per heavy atom. The highest BCUT2D eigenvalue weighted by Gasteiger charge is 2.21. The number of hydrogen-bond acceptors (Lipinski definition) is 5. The molecule has 0 amide bonds. The minimum Gasteiger partial charge on any atom is -0.497 e. The van der Waals surface area contributed by atoms with Gasteiger partial charge in [0, 0.05) is 5.56 Å². The Labute approximate surface area is 107 Å². The molecular weight excluding hydrogens is 234 g/mol. The van der Waals surface area contributed by atoms with Gasteiger partial charge in [0.15, 0.2) is 0 Å². The molecule has 1 atom stereocenters. The summed E-state index contributed by atoms with van der Waals surface area (Å²) in [4.78, 5) is 0. The standard InChI is InChI=1S/C13H19NO4/c1-15-9-3-4-13(16-2)11(5-9)12(14)8-18-10-6-17-7-10/h3-5,10,12H,6-8,14H2,1-2H3.